The second-order valence-electron chi connectivity index (χ2n) is 5.54. The fourth-order valence-corrected chi connectivity index (χ4v) is 2.65. The first-order valence-electron chi connectivity index (χ1n) is 7.19. The Morgan fingerprint density at radius 1 is 1.27 bits per heavy atom. The molecule has 2 amide bonds. The number of benzene rings is 1. The molecule has 1 fully saturated rings. The van der Waals surface area contributed by atoms with Gasteiger partial charge in [0.15, 0.2) is 0 Å². The molecule has 0 radical (unpaired) electrons. The monoisotopic (exact) mass is 307 g/mol. The molecule has 2 atom stereocenters. The summed E-state index contributed by atoms with van der Waals surface area (Å²) >= 11 is 0. The molecule has 1 saturated heterocycles. The van der Waals surface area contributed by atoms with Crippen molar-refractivity contribution >= 4 is 11.7 Å². The molecular formula is C14H18FN5O2. The Bertz CT molecular complexity index is 586. The molecule has 22 heavy (non-hydrogen) atoms. The number of nitrogens with zero attached hydrogens (tertiary/aromatic N) is 5. The van der Waals surface area contributed by atoms with Crippen LogP contribution in [0.2, 0.25) is 0 Å². The van der Waals surface area contributed by atoms with Crippen LogP contribution in [0, 0.1) is 5.82 Å². The highest BCUT2D eigenvalue weighted by atomic mass is 19.1. The molecule has 7 nitrogen and oxygen atoms in total. The SMILES string of the molecule is C[C@@H]1CN(C(=O)N2CN(c3cccc(F)c3)N=N2)C[C@H](C)O1. The van der Waals surface area contributed by atoms with Gasteiger partial charge in [-0.3, -0.25) is 0 Å². The fourth-order valence-electron chi connectivity index (χ4n) is 2.65. The van der Waals surface area contributed by atoms with Crippen LogP contribution in [0.5, 0.6) is 0 Å². The van der Waals surface area contributed by atoms with Gasteiger partial charge in [-0.1, -0.05) is 6.07 Å². The highest BCUT2D eigenvalue weighted by Gasteiger charge is 2.32. The lowest BCUT2D eigenvalue weighted by atomic mass is 10.2. The quantitative estimate of drug-likeness (QED) is 0.800. The summed E-state index contributed by atoms with van der Waals surface area (Å²) < 4.78 is 18.9. The van der Waals surface area contributed by atoms with Gasteiger partial charge in [-0.2, -0.15) is 5.01 Å². The van der Waals surface area contributed by atoms with Crippen molar-refractivity contribution in [3.05, 3.63) is 30.1 Å². The Morgan fingerprint density at radius 2 is 2.00 bits per heavy atom. The van der Waals surface area contributed by atoms with E-state index in [0.717, 1.165) is 0 Å². The lowest BCUT2D eigenvalue weighted by molar-refractivity contribution is -0.0579. The number of anilines is 1. The van der Waals surface area contributed by atoms with E-state index in [-0.39, 0.29) is 30.7 Å². The Labute approximate surface area is 127 Å². The highest BCUT2D eigenvalue weighted by molar-refractivity contribution is 5.74. The van der Waals surface area contributed by atoms with Gasteiger partial charge in [-0.25, -0.2) is 14.2 Å². The summed E-state index contributed by atoms with van der Waals surface area (Å²) in [5.74, 6) is -0.353. The molecule has 0 aromatic heterocycles. The Kier molecular flexibility index (Phi) is 3.93. The molecule has 0 bridgehead atoms. The van der Waals surface area contributed by atoms with Crippen molar-refractivity contribution in [2.24, 2.45) is 10.4 Å². The minimum absolute atomic E-state index is 0.00781. The lowest BCUT2D eigenvalue weighted by Gasteiger charge is -2.36. The van der Waals surface area contributed by atoms with Crippen molar-refractivity contribution in [3.8, 4) is 0 Å². The van der Waals surface area contributed by atoms with Crippen LogP contribution in [0.1, 0.15) is 13.8 Å². The van der Waals surface area contributed by atoms with E-state index in [9.17, 15) is 9.18 Å². The third kappa shape index (κ3) is 3.01. The van der Waals surface area contributed by atoms with Gasteiger partial charge in [0.1, 0.15) is 12.5 Å². The third-order valence-corrected chi connectivity index (χ3v) is 3.54. The second-order valence-corrected chi connectivity index (χ2v) is 5.54. The molecule has 118 valence electrons. The first kappa shape index (κ1) is 14.7. The van der Waals surface area contributed by atoms with Crippen LogP contribution in [0.15, 0.2) is 34.7 Å². The van der Waals surface area contributed by atoms with Crippen LogP contribution in [0.25, 0.3) is 0 Å². The summed E-state index contributed by atoms with van der Waals surface area (Å²) in [5.41, 5.74) is 0.558. The zero-order valence-corrected chi connectivity index (χ0v) is 12.5. The standard InChI is InChI=1S/C14H18FN5O2/c1-10-7-18(8-11(2)22-10)14(21)20-9-19(16-17-20)13-5-3-4-12(15)6-13/h3-6,10-11H,7-9H2,1-2H3/t10-,11+. The summed E-state index contributed by atoms with van der Waals surface area (Å²) in [6, 6.07) is 5.80. The smallest absolute Gasteiger partial charge is 0.343 e. The van der Waals surface area contributed by atoms with Crippen LogP contribution in [-0.2, 0) is 4.74 Å². The predicted molar refractivity (Wildman–Crippen MR) is 77.4 cm³/mol. The van der Waals surface area contributed by atoms with Gasteiger partial charge >= 0.3 is 6.03 Å². The Balaban J connectivity index is 1.65. The van der Waals surface area contributed by atoms with Crippen molar-refractivity contribution in [3.63, 3.8) is 0 Å². The Hall–Kier alpha value is -2.22. The van der Waals surface area contributed by atoms with Crippen LogP contribution in [-0.4, -0.2) is 47.9 Å². The molecule has 0 spiro atoms. The minimum Gasteiger partial charge on any atom is -0.372 e. The van der Waals surface area contributed by atoms with E-state index in [1.54, 1.807) is 17.0 Å². The number of carbonyl (C=O) groups excluding carboxylic acids is 1. The molecule has 0 N–H and O–H groups in total. The maximum absolute atomic E-state index is 13.3. The number of carbonyl (C=O) groups is 1. The molecule has 3 rings (SSSR count). The highest BCUT2D eigenvalue weighted by Crippen LogP contribution is 2.22. The number of ether oxygens (including phenoxy) is 1. The van der Waals surface area contributed by atoms with Gasteiger partial charge in [0.25, 0.3) is 0 Å². The second kappa shape index (κ2) is 5.88. The summed E-state index contributed by atoms with van der Waals surface area (Å²) in [5, 5.41) is 10.6. The number of hydrogen-bond donors (Lipinski definition) is 0. The van der Waals surface area contributed by atoms with Gasteiger partial charge in [-0.15, -0.1) is 0 Å². The molecule has 0 aliphatic carbocycles. The van der Waals surface area contributed by atoms with E-state index in [0.29, 0.717) is 18.8 Å². The van der Waals surface area contributed by atoms with Gasteiger partial charge < -0.3 is 9.64 Å². The van der Waals surface area contributed by atoms with E-state index in [1.165, 1.54) is 22.2 Å². The molecule has 8 heteroatoms. The third-order valence-electron chi connectivity index (χ3n) is 3.54. The minimum atomic E-state index is -0.353. The molecule has 0 saturated carbocycles. The van der Waals surface area contributed by atoms with Crippen LogP contribution >= 0.6 is 0 Å². The van der Waals surface area contributed by atoms with Crippen molar-refractivity contribution in [1.82, 2.24) is 9.91 Å². The largest absolute Gasteiger partial charge is 0.372 e. The first-order chi connectivity index (χ1) is 10.5. The summed E-state index contributed by atoms with van der Waals surface area (Å²) in [4.78, 5) is 14.2. The number of rotatable bonds is 1. The zero-order valence-electron chi connectivity index (χ0n) is 12.5. The number of halogens is 1. The van der Waals surface area contributed by atoms with Crippen molar-refractivity contribution in [1.29, 1.82) is 0 Å². The topological polar surface area (TPSA) is 60.7 Å². The van der Waals surface area contributed by atoms with E-state index in [1.807, 2.05) is 13.8 Å². The predicted octanol–water partition coefficient (Wildman–Crippen LogP) is 2.42. The number of morpholine rings is 1. The van der Waals surface area contributed by atoms with Crippen LogP contribution in [0.3, 0.4) is 0 Å². The molecule has 2 heterocycles. The maximum atomic E-state index is 13.3. The van der Waals surface area contributed by atoms with Gasteiger partial charge in [0, 0.05) is 13.1 Å². The van der Waals surface area contributed by atoms with Crippen molar-refractivity contribution in [2.45, 2.75) is 26.1 Å². The molecule has 0 unspecified atom stereocenters. The zero-order chi connectivity index (χ0) is 15.7. The van der Waals surface area contributed by atoms with Gasteiger partial charge in [0.05, 0.1) is 17.9 Å². The molecule has 1 aromatic carbocycles. The molecule has 1 aromatic rings. The van der Waals surface area contributed by atoms with Crippen LogP contribution < -0.4 is 5.01 Å². The van der Waals surface area contributed by atoms with Crippen molar-refractivity contribution < 1.29 is 13.9 Å². The molecule has 2 aliphatic heterocycles. The number of urea groups is 1. The Morgan fingerprint density at radius 3 is 2.68 bits per heavy atom. The van der Waals surface area contributed by atoms with E-state index >= 15 is 0 Å². The molecule has 2 aliphatic rings. The van der Waals surface area contributed by atoms with Gasteiger partial charge in [-0.05, 0) is 42.5 Å². The number of amides is 2. The maximum Gasteiger partial charge on any atom is 0.343 e. The lowest BCUT2D eigenvalue weighted by Crippen LogP contribution is -2.52. The van der Waals surface area contributed by atoms with E-state index < -0.39 is 0 Å². The fraction of sp³-hybridized carbons (Fsp3) is 0.500. The molecular weight excluding hydrogens is 289 g/mol. The average Bonchev–Trinajstić information content (AvgIpc) is 2.95. The summed E-state index contributed by atoms with van der Waals surface area (Å²) in [6.07, 6.45) is -0.0156. The normalized spacial score (nSPS) is 25.0. The first-order valence-corrected chi connectivity index (χ1v) is 7.19. The average molecular weight is 307 g/mol. The van der Waals surface area contributed by atoms with Crippen LogP contribution in [0.4, 0.5) is 14.9 Å². The summed E-state index contributed by atoms with van der Waals surface area (Å²) in [7, 11) is 0. The number of hydrogen-bond acceptors (Lipinski definition) is 5. The van der Waals surface area contributed by atoms with E-state index in [4.69, 9.17) is 4.74 Å². The van der Waals surface area contributed by atoms with Crippen molar-refractivity contribution in [2.75, 3.05) is 24.8 Å². The van der Waals surface area contributed by atoms with Gasteiger partial charge in [0.2, 0.25) is 0 Å². The van der Waals surface area contributed by atoms with E-state index in [2.05, 4.69) is 10.4 Å². The summed E-state index contributed by atoms with van der Waals surface area (Å²) in [6.45, 7) is 5.08.